The zero-order chi connectivity index (χ0) is 18.4. The molecule has 1 aromatic heterocycles. The molecular weight excluding hydrogens is 469 g/mol. The third-order valence-corrected chi connectivity index (χ3v) is 5.61. The number of nitrogens with zero attached hydrogens (tertiary/aromatic N) is 4. The van der Waals surface area contributed by atoms with E-state index in [1.807, 2.05) is 14.0 Å². The number of halogens is 1. The fraction of sp³-hybridized carbons (Fsp3) is 0.500. The summed E-state index contributed by atoms with van der Waals surface area (Å²) in [6, 6.07) is 8.82. The lowest BCUT2D eigenvalue weighted by atomic mass is 10.00. The maximum absolute atomic E-state index is 4.53. The molecule has 1 N–H and O–H groups in total. The van der Waals surface area contributed by atoms with Crippen LogP contribution in [0.1, 0.15) is 28.2 Å². The molecule has 7 heteroatoms. The molecule has 5 nitrogen and oxygen atoms in total. The number of hydrogen-bond acceptors (Lipinski definition) is 4. The molecule has 1 aromatic carbocycles. The molecule has 0 saturated heterocycles. The van der Waals surface area contributed by atoms with Gasteiger partial charge in [-0.1, -0.05) is 24.3 Å². The number of thiazole rings is 1. The van der Waals surface area contributed by atoms with Gasteiger partial charge in [-0.3, -0.25) is 9.89 Å². The van der Waals surface area contributed by atoms with Crippen LogP contribution in [0.25, 0.3) is 0 Å². The van der Waals surface area contributed by atoms with Crippen molar-refractivity contribution < 1.29 is 0 Å². The maximum Gasteiger partial charge on any atom is 0.193 e. The standard InChI is InChI=1S/C20H29N5S.HI/c1-16-23-19(15-26-16)14-24(3)20(21-2)22-10-6-11-25-12-9-17-7-4-5-8-18(17)13-25;/h4-5,7-8,15H,6,9-14H2,1-3H3,(H,21,22);1H. The number of rotatable bonds is 6. The average Bonchev–Trinajstić information content (AvgIpc) is 3.06. The molecule has 1 aliphatic heterocycles. The van der Waals surface area contributed by atoms with Gasteiger partial charge in [0, 0.05) is 45.7 Å². The monoisotopic (exact) mass is 499 g/mol. The summed E-state index contributed by atoms with van der Waals surface area (Å²) in [4.78, 5) is 13.6. The number of aliphatic imine (C=N–C) groups is 1. The summed E-state index contributed by atoms with van der Waals surface area (Å²) in [6.07, 6.45) is 2.28. The van der Waals surface area contributed by atoms with Gasteiger partial charge in [0.25, 0.3) is 0 Å². The molecule has 0 radical (unpaired) electrons. The molecule has 0 aliphatic carbocycles. The topological polar surface area (TPSA) is 43.8 Å². The molecule has 148 valence electrons. The molecule has 0 unspecified atom stereocenters. The number of fused-ring (bicyclic) bond motifs is 1. The Balaban J connectivity index is 0.00000261. The molecule has 2 aromatic rings. The zero-order valence-corrected chi connectivity index (χ0v) is 19.6. The SMILES string of the molecule is CN=C(NCCCN1CCc2ccccc2C1)N(C)Cc1csc(C)n1.I. The van der Waals surface area contributed by atoms with E-state index >= 15 is 0 Å². The van der Waals surface area contributed by atoms with Crippen molar-refractivity contribution in [1.82, 2.24) is 20.1 Å². The number of benzene rings is 1. The summed E-state index contributed by atoms with van der Waals surface area (Å²) >= 11 is 1.69. The van der Waals surface area contributed by atoms with Crippen LogP contribution < -0.4 is 5.32 Å². The maximum atomic E-state index is 4.53. The summed E-state index contributed by atoms with van der Waals surface area (Å²) < 4.78 is 0. The van der Waals surface area contributed by atoms with Crippen molar-refractivity contribution in [2.45, 2.75) is 32.9 Å². The van der Waals surface area contributed by atoms with E-state index < -0.39 is 0 Å². The van der Waals surface area contributed by atoms with Crippen LogP contribution in [-0.4, -0.2) is 54.5 Å². The Hall–Kier alpha value is -1.19. The summed E-state index contributed by atoms with van der Waals surface area (Å²) in [7, 11) is 3.90. The van der Waals surface area contributed by atoms with Crippen LogP contribution >= 0.6 is 35.3 Å². The first-order valence-electron chi connectivity index (χ1n) is 9.27. The molecule has 1 aliphatic rings. The van der Waals surface area contributed by atoms with E-state index in [4.69, 9.17) is 0 Å². The molecule has 0 spiro atoms. The summed E-state index contributed by atoms with van der Waals surface area (Å²) in [5.74, 6) is 0.930. The van der Waals surface area contributed by atoms with E-state index in [2.05, 4.69) is 61.8 Å². The van der Waals surface area contributed by atoms with Gasteiger partial charge in [-0.2, -0.15) is 0 Å². The number of aromatic nitrogens is 1. The Kier molecular flexibility index (Phi) is 8.98. The molecule has 0 saturated carbocycles. The lowest BCUT2D eigenvalue weighted by Crippen LogP contribution is -2.40. The van der Waals surface area contributed by atoms with Gasteiger partial charge in [0.2, 0.25) is 0 Å². The molecule has 3 rings (SSSR count). The number of nitrogens with one attached hydrogen (secondary N) is 1. The second-order valence-corrected chi connectivity index (χ2v) is 7.90. The van der Waals surface area contributed by atoms with Gasteiger partial charge in [0.1, 0.15) is 0 Å². The van der Waals surface area contributed by atoms with Crippen LogP contribution in [0.3, 0.4) is 0 Å². The second kappa shape index (κ2) is 11.0. The van der Waals surface area contributed by atoms with E-state index in [0.717, 1.165) is 55.8 Å². The lowest BCUT2D eigenvalue weighted by Gasteiger charge is -2.29. The summed E-state index contributed by atoms with van der Waals surface area (Å²) in [5, 5.41) is 6.71. The molecule has 2 heterocycles. The van der Waals surface area contributed by atoms with E-state index in [1.54, 1.807) is 11.3 Å². The lowest BCUT2D eigenvalue weighted by molar-refractivity contribution is 0.251. The second-order valence-electron chi connectivity index (χ2n) is 6.84. The van der Waals surface area contributed by atoms with Crippen molar-refractivity contribution in [3.63, 3.8) is 0 Å². The van der Waals surface area contributed by atoms with Crippen molar-refractivity contribution in [3.05, 3.63) is 51.5 Å². The van der Waals surface area contributed by atoms with E-state index in [1.165, 1.54) is 17.5 Å². The van der Waals surface area contributed by atoms with Crippen molar-refractivity contribution in [2.24, 2.45) is 4.99 Å². The smallest absolute Gasteiger partial charge is 0.193 e. The van der Waals surface area contributed by atoms with Crippen LogP contribution in [0.2, 0.25) is 0 Å². The Morgan fingerprint density at radius 1 is 1.33 bits per heavy atom. The minimum absolute atomic E-state index is 0. The van der Waals surface area contributed by atoms with Gasteiger partial charge in [0.05, 0.1) is 17.2 Å². The molecule has 0 bridgehead atoms. The Bertz CT molecular complexity index is 745. The first-order valence-corrected chi connectivity index (χ1v) is 10.2. The molecule has 27 heavy (non-hydrogen) atoms. The Labute approximate surface area is 183 Å². The highest BCUT2D eigenvalue weighted by Gasteiger charge is 2.15. The highest BCUT2D eigenvalue weighted by atomic mass is 127. The minimum Gasteiger partial charge on any atom is -0.356 e. The molecule has 0 fully saturated rings. The third-order valence-electron chi connectivity index (χ3n) is 4.78. The van der Waals surface area contributed by atoms with Crippen molar-refractivity contribution in [3.8, 4) is 0 Å². The van der Waals surface area contributed by atoms with E-state index in [-0.39, 0.29) is 24.0 Å². The number of guanidine groups is 1. The number of aryl methyl sites for hydroxylation is 1. The molecular formula is C20H30IN5S. The van der Waals surface area contributed by atoms with E-state index in [0.29, 0.717) is 0 Å². The average molecular weight is 499 g/mol. The normalized spacial score (nSPS) is 14.4. The first kappa shape index (κ1) is 22.1. The van der Waals surface area contributed by atoms with Gasteiger partial charge in [0.15, 0.2) is 5.96 Å². The highest BCUT2D eigenvalue weighted by molar-refractivity contribution is 14.0. The van der Waals surface area contributed by atoms with Gasteiger partial charge in [-0.25, -0.2) is 4.98 Å². The predicted octanol–water partition coefficient (Wildman–Crippen LogP) is 3.53. The van der Waals surface area contributed by atoms with Gasteiger partial charge < -0.3 is 10.2 Å². The molecule has 0 amide bonds. The Morgan fingerprint density at radius 3 is 2.81 bits per heavy atom. The fourth-order valence-electron chi connectivity index (χ4n) is 3.43. The van der Waals surface area contributed by atoms with Crippen LogP contribution in [-0.2, 0) is 19.5 Å². The minimum atomic E-state index is 0. The van der Waals surface area contributed by atoms with Crippen LogP contribution in [0.15, 0.2) is 34.6 Å². The third kappa shape index (κ3) is 6.43. The zero-order valence-electron chi connectivity index (χ0n) is 16.4. The highest BCUT2D eigenvalue weighted by Crippen LogP contribution is 2.18. The van der Waals surface area contributed by atoms with Crippen LogP contribution in [0.5, 0.6) is 0 Å². The first-order chi connectivity index (χ1) is 12.7. The summed E-state index contributed by atoms with van der Waals surface area (Å²) in [5.41, 5.74) is 4.10. The fourth-order valence-corrected chi connectivity index (χ4v) is 4.04. The predicted molar refractivity (Wildman–Crippen MR) is 125 cm³/mol. The largest absolute Gasteiger partial charge is 0.356 e. The molecule has 0 atom stereocenters. The van der Waals surface area contributed by atoms with Crippen LogP contribution in [0.4, 0.5) is 0 Å². The van der Waals surface area contributed by atoms with Crippen molar-refractivity contribution in [2.75, 3.05) is 33.7 Å². The van der Waals surface area contributed by atoms with Gasteiger partial charge in [-0.05, 0) is 30.9 Å². The van der Waals surface area contributed by atoms with Crippen LogP contribution in [0, 0.1) is 6.92 Å². The quantitative estimate of drug-likeness (QED) is 0.286. The van der Waals surface area contributed by atoms with Crippen molar-refractivity contribution >= 4 is 41.3 Å². The van der Waals surface area contributed by atoms with Crippen molar-refractivity contribution in [1.29, 1.82) is 0 Å². The van der Waals surface area contributed by atoms with E-state index in [9.17, 15) is 0 Å². The number of hydrogen-bond donors (Lipinski definition) is 1. The Morgan fingerprint density at radius 2 is 2.11 bits per heavy atom. The van der Waals surface area contributed by atoms with Gasteiger partial charge >= 0.3 is 0 Å². The van der Waals surface area contributed by atoms with Gasteiger partial charge in [-0.15, -0.1) is 35.3 Å². The summed E-state index contributed by atoms with van der Waals surface area (Å²) in [6.45, 7) is 7.12.